The molecule has 0 unspecified atom stereocenters. The number of benzene rings is 1. The Morgan fingerprint density at radius 3 is 2.40 bits per heavy atom. The second-order valence-corrected chi connectivity index (χ2v) is 4.90. The first kappa shape index (κ1) is 16.0. The largest absolute Gasteiger partial charge is 0.496 e. The number of methoxy groups -OCH3 is 1. The van der Waals surface area contributed by atoms with Gasteiger partial charge < -0.3 is 14.8 Å². The van der Waals surface area contributed by atoms with Gasteiger partial charge in [0.25, 0.3) is 5.91 Å². The third kappa shape index (κ3) is 4.26. The van der Waals surface area contributed by atoms with E-state index < -0.39 is 12.1 Å². The number of amides is 1. The van der Waals surface area contributed by atoms with E-state index in [1.165, 1.54) is 7.11 Å². The van der Waals surface area contributed by atoms with Crippen LogP contribution in [0.5, 0.6) is 5.75 Å². The topological polar surface area (TPSA) is 64.6 Å². The summed E-state index contributed by atoms with van der Waals surface area (Å²) in [5.41, 5.74) is 1.28. The Labute approximate surface area is 119 Å². The molecule has 0 aromatic heterocycles. The molecule has 0 aliphatic carbocycles. The predicted octanol–water partition coefficient (Wildman–Crippen LogP) is 2.07. The first-order chi connectivity index (χ1) is 9.35. The van der Waals surface area contributed by atoms with E-state index in [0.717, 1.165) is 5.56 Å². The van der Waals surface area contributed by atoms with Crippen molar-refractivity contribution in [1.82, 2.24) is 5.32 Å². The second-order valence-electron chi connectivity index (χ2n) is 4.90. The van der Waals surface area contributed by atoms with Gasteiger partial charge in [0.2, 0.25) is 0 Å². The van der Waals surface area contributed by atoms with Gasteiger partial charge in [-0.1, -0.05) is 6.07 Å². The van der Waals surface area contributed by atoms with Crippen molar-refractivity contribution >= 4 is 11.9 Å². The van der Waals surface area contributed by atoms with Gasteiger partial charge in [-0.05, 0) is 45.4 Å². The lowest BCUT2D eigenvalue weighted by Gasteiger charge is -2.15. The van der Waals surface area contributed by atoms with Crippen LogP contribution in [0.15, 0.2) is 18.2 Å². The zero-order chi connectivity index (χ0) is 15.3. The average molecular weight is 279 g/mol. The minimum Gasteiger partial charge on any atom is -0.496 e. The zero-order valence-corrected chi connectivity index (χ0v) is 12.5. The molecule has 0 bridgehead atoms. The van der Waals surface area contributed by atoms with Crippen LogP contribution < -0.4 is 10.1 Å². The summed E-state index contributed by atoms with van der Waals surface area (Å²) >= 11 is 0. The Balaban J connectivity index is 2.73. The Kier molecular flexibility index (Phi) is 5.55. The summed E-state index contributed by atoms with van der Waals surface area (Å²) in [6.07, 6.45) is -0.836. The smallest absolute Gasteiger partial charge is 0.339 e. The maximum absolute atomic E-state index is 12.0. The van der Waals surface area contributed by atoms with E-state index in [-0.39, 0.29) is 11.9 Å². The highest BCUT2D eigenvalue weighted by atomic mass is 16.5. The Hall–Kier alpha value is -2.04. The minimum atomic E-state index is -0.836. The molecular weight excluding hydrogens is 258 g/mol. The summed E-state index contributed by atoms with van der Waals surface area (Å²) in [6, 6.07) is 5.02. The number of hydrogen-bond acceptors (Lipinski definition) is 4. The molecule has 0 fully saturated rings. The fourth-order valence-corrected chi connectivity index (χ4v) is 1.63. The molecule has 0 heterocycles. The van der Waals surface area contributed by atoms with Crippen molar-refractivity contribution in [1.29, 1.82) is 0 Å². The highest BCUT2D eigenvalue weighted by molar-refractivity contribution is 5.92. The van der Waals surface area contributed by atoms with Gasteiger partial charge in [0.1, 0.15) is 5.75 Å². The van der Waals surface area contributed by atoms with E-state index in [1.807, 2.05) is 20.8 Å². The molecule has 110 valence electrons. The van der Waals surface area contributed by atoms with Crippen LogP contribution in [0.25, 0.3) is 0 Å². The Bertz CT molecular complexity index is 497. The molecule has 1 amide bonds. The van der Waals surface area contributed by atoms with Crippen LogP contribution in [-0.4, -0.2) is 31.1 Å². The summed E-state index contributed by atoms with van der Waals surface area (Å²) in [7, 11) is 1.54. The molecule has 5 nitrogen and oxygen atoms in total. The molecule has 0 aliphatic heterocycles. The van der Waals surface area contributed by atoms with Crippen molar-refractivity contribution in [2.45, 2.75) is 39.8 Å². The van der Waals surface area contributed by atoms with E-state index in [4.69, 9.17) is 9.47 Å². The summed E-state index contributed by atoms with van der Waals surface area (Å²) in [5.74, 6) is -0.249. The average Bonchev–Trinajstić information content (AvgIpc) is 2.38. The monoisotopic (exact) mass is 279 g/mol. The third-order valence-corrected chi connectivity index (χ3v) is 2.73. The third-order valence-electron chi connectivity index (χ3n) is 2.73. The number of hydrogen-bond donors (Lipinski definition) is 1. The lowest BCUT2D eigenvalue weighted by Crippen LogP contribution is -2.39. The Morgan fingerprint density at radius 1 is 1.20 bits per heavy atom. The van der Waals surface area contributed by atoms with Crippen molar-refractivity contribution in [3.8, 4) is 5.75 Å². The minimum absolute atomic E-state index is 0.00289. The van der Waals surface area contributed by atoms with Crippen LogP contribution in [0.2, 0.25) is 0 Å². The fraction of sp³-hybridized carbons (Fsp3) is 0.467. The number of rotatable bonds is 5. The van der Waals surface area contributed by atoms with Gasteiger partial charge in [0.15, 0.2) is 6.10 Å². The molecule has 20 heavy (non-hydrogen) atoms. The molecule has 5 heteroatoms. The molecule has 0 spiro atoms. The highest BCUT2D eigenvalue weighted by Crippen LogP contribution is 2.19. The number of carbonyl (C=O) groups excluding carboxylic acids is 2. The molecule has 1 aromatic carbocycles. The summed E-state index contributed by atoms with van der Waals surface area (Å²) in [5, 5.41) is 2.69. The fourth-order valence-electron chi connectivity index (χ4n) is 1.63. The van der Waals surface area contributed by atoms with Gasteiger partial charge in [-0.25, -0.2) is 4.79 Å². The van der Waals surface area contributed by atoms with Gasteiger partial charge in [0.05, 0.1) is 12.7 Å². The maximum Gasteiger partial charge on any atom is 0.339 e. The number of nitrogens with one attached hydrogen (secondary N) is 1. The highest BCUT2D eigenvalue weighted by Gasteiger charge is 2.19. The summed E-state index contributed by atoms with van der Waals surface area (Å²) in [6.45, 7) is 7.11. The first-order valence-corrected chi connectivity index (χ1v) is 6.51. The molecule has 1 atom stereocenters. The van der Waals surface area contributed by atoms with Crippen molar-refractivity contribution in [3.63, 3.8) is 0 Å². The lowest BCUT2D eigenvalue weighted by molar-refractivity contribution is -0.129. The van der Waals surface area contributed by atoms with Crippen molar-refractivity contribution in [2.75, 3.05) is 7.11 Å². The van der Waals surface area contributed by atoms with Crippen molar-refractivity contribution in [3.05, 3.63) is 29.3 Å². The molecule has 0 saturated heterocycles. The normalized spacial score (nSPS) is 11.9. The van der Waals surface area contributed by atoms with E-state index in [9.17, 15) is 9.59 Å². The lowest BCUT2D eigenvalue weighted by atomic mass is 10.1. The number of ether oxygens (including phenoxy) is 2. The zero-order valence-electron chi connectivity index (χ0n) is 12.5. The summed E-state index contributed by atoms with van der Waals surface area (Å²) < 4.78 is 10.3. The first-order valence-electron chi connectivity index (χ1n) is 6.51. The van der Waals surface area contributed by atoms with E-state index in [1.54, 1.807) is 25.1 Å². The van der Waals surface area contributed by atoms with Crippen LogP contribution in [0, 0.1) is 6.92 Å². The number of carbonyl (C=O) groups is 2. The molecule has 1 N–H and O–H groups in total. The van der Waals surface area contributed by atoms with E-state index in [2.05, 4.69) is 5.32 Å². The van der Waals surface area contributed by atoms with Crippen LogP contribution in [0.1, 0.15) is 36.7 Å². The second kappa shape index (κ2) is 6.93. The van der Waals surface area contributed by atoms with Gasteiger partial charge in [-0.3, -0.25) is 4.79 Å². The van der Waals surface area contributed by atoms with Crippen molar-refractivity contribution < 1.29 is 19.1 Å². The quantitative estimate of drug-likeness (QED) is 0.838. The number of aryl methyl sites for hydroxylation is 1. The molecule has 0 radical (unpaired) electrons. The molecule has 0 saturated carbocycles. The van der Waals surface area contributed by atoms with Crippen molar-refractivity contribution in [2.24, 2.45) is 0 Å². The standard InChI is InChI=1S/C15H21NO4/c1-9(2)16-14(17)11(4)20-15(18)12-7-6-10(3)13(8-12)19-5/h6-9,11H,1-5H3,(H,16,17)/t11-/m1/s1. The molecule has 1 aromatic rings. The molecule has 1 rings (SSSR count). The molecular formula is C15H21NO4. The van der Waals surface area contributed by atoms with Gasteiger partial charge in [-0.2, -0.15) is 0 Å². The maximum atomic E-state index is 12.0. The van der Waals surface area contributed by atoms with Gasteiger partial charge >= 0.3 is 5.97 Å². The SMILES string of the molecule is COc1cc(C(=O)O[C@H](C)C(=O)NC(C)C)ccc1C. The van der Waals surface area contributed by atoms with Crippen LogP contribution >= 0.6 is 0 Å². The molecule has 0 aliphatic rings. The van der Waals surface area contributed by atoms with E-state index >= 15 is 0 Å². The van der Waals surface area contributed by atoms with Crippen LogP contribution in [0.4, 0.5) is 0 Å². The van der Waals surface area contributed by atoms with Gasteiger partial charge in [-0.15, -0.1) is 0 Å². The van der Waals surface area contributed by atoms with Gasteiger partial charge in [0, 0.05) is 6.04 Å². The number of esters is 1. The van der Waals surface area contributed by atoms with Crippen LogP contribution in [0.3, 0.4) is 0 Å². The Morgan fingerprint density at radius 2 is 1.85 bits per heavy atom. The van der Waals surface area contributed by atoms with E-state index in [0.29, 0.717) is 11.3 Å². The van der Waals surface area contributed by atoms with Crippen LogP contribution in [-0.2, 0) is 9.53 Å². The predicted molar refractivity (Wildman–Crippen MR) is 75.9 cm³/mol. The summed E-state index contributed by atoms with van der Waals surface area (Å²) in [4.78, 5) is 23.7.